The fourth-order valence-corrected chi connectivity index (χ4v) is 4.60. The molecule has 1 fully saturated rings. The number of rotatable bonds is 8. The molecule has 15 heteroatoms. The number of amides is 1. The number of carbonyl (C=O) groups excluding carboxylic acids is 2. The summed E-state index contributed by atoms with van der Waals surface area (Å²) in [6.07, 6.45) is -4.09. The molecule has 2 atom stereocenters. The summed E-state index contributed by atoms with van der Waals surface area (Å²) in [4.78, 5) is 60.0. The summed E-state index contributed by atoms with van der Waals surface area (Å²) in [6, 6.07) is 0. The van der Waals surface area contributed by atoms with Crippen LogP contribution in [0, 0.1) is 0 Å². The fourth-order valence-electron chi connectivity index (χ4n) is 2.34. The highest BCUT2D eigenvalue weighted by Gasteiger charge is 2.58. The molecule has 0 spiro atoms. The van der Waals surface area contributed by atoms with Crippen molar-refractivity contribution in [3.63, 3.8) is 0 Å². The molecule has 27 heavy (non-hydrogen) atoms. The summed E-state index contributed by atoms with van der Waals surface area (Å²) < 4.78 is 37.6. The summed E-state index contributed by atoms with van der Waals surface area (Å²) >= 11 is 0. The lowest BCUT2D eigenvalue weighted by molar-refractivity contribution is -0.168. The number of methoxy groups -OCH3 is 1. The van der Waals surface area contributed by atoms with Gasteiger partial charge in [0.1, 0.15) is 0 Å². The zero-order valence-electron chi connectivity index (χ0n) is 14.8. The van der Waals surface area contributed by atoms with Crippen LogP contribution < -0.4 is 5.32 Å². The predicted octanol–water partition coefficient (Wildman–Crippen LogP) is -1.42. The minimum Gasteiger partial charge on any atom is -0.467 e. The molecule has 0 saturated carbocycles. The molecule has 1 rings (SSSR count). The van der Waals surface area contributed by atoms with E-state index in [0.29, 0.717) is 0 Å². The van der Waals surface area contributed by atoms with Gasteiger partial charge in [0.05, 0.1) is 7.11 Å². The highest BCUT2D eigenvalue weighted by Crippen LogP contribution is 2.69. The molecule has 0 aromatic heterocycles. The summed E-state index contributed by atoms with van der Waals surface area (Å²) in [5.74, 6) is -2.91. The third kappa shape index (κ3) is 5.57. The minimum absolute atomic E-state index is 0.324. The molecule has 1 heterocycles. The number of hydrogen-bond donors (Lipinski definition) is 6. The second-order valence-corrected chi connectivity index (χ2v) is 10.3. The van der Waals surface area contributed by atoms with Crippen LogP contribution >= 0.6 is 15.2 Å². The first-order chi connectivity index (χ1) is 12.1. The van der Waals surface area contributed by atoms with Gasteiger partial charge in [-0.15, -0.1) is 0 Å². The summed E-state index contributed by atoms with van der Waals surface area (Å²) in [6.45, 7) is 2.61. The smallest absolute Gasteiger partial charge is 0.369 e. The van der Waals surface area contributed by atoms with Crippen LogP contribution in [-0.4, -0.2) is 73.3 Å². The van der Waals surface area contributed by atoms with Crippen LogP contribution in [-0.2, 0) is 32.9 Å². The van der Waals surface area contributed by atoms with E-state index in [-0.39, 0.29) is 6.54 Å². The van der Waals surface area contributed by atoms with Crippen LogP contribution in [0.15, 0.2) is 0 Å². The molecule has 1 saturated heterocycles. The minimum atomic E-state index is -5.56. The van der Waals surface area contributed by atoms with Gasteiger partial charge in [-0.25, -0.2) is 4.79 Å². The molecular weight excluding hydrogens is 412 g/mol. The molecule has 158 valence electrons. The van der Waals surface area contributed by atoms with Crippen LogP contribution in [0.5, 0.6) is 0 Å². The van der Waals surface area contributed by atoms with E-state index in [2.05, 4.69) is 10.1 Å². The Labute approximate surface area is 154 Å². The Morgan fingerprint density at radius 1 is 1.11 bits per heavy atom. The second-order valence-electron chi connectivity index (χ2n) is 6.26. The molecule has 1 amide bonds. The van der Waals surface area contributed by atoms with Gasteiger partial charge in [-0.05, 0) is 20.3 Å². The van der Waals surface area contributed by atoms with Gasteiger partial charge in [-0.3, -0.25) is 13.9 Å². The lowest BCUT2D eigenvalue weighted by Gasteiger charge is -2.29. The van der Waals surface area contributed by atoms with Crippen LogP contribution in [0.2, 0.25) is 0 Å². The standard InChI is InChI=1S/C12H23NO12P2/c1-11(2)24-7(8(25-11)10(15)23-3)9(14)13-6-4-5-12(16,26(17,18)19)27(20,21)22/h7-8,16H,4-6H2,1-3H3,(H,13,14)(H2,17,18,19)(H2,20,21,22)/t7-,8?/m0/s1. The number of nitrogens with one attached hydrogen (secondary N) is 1. The van der Waals surface area contributed by atoms with E-state index in [1.165, 1.54) is 13.8 Å². The van der Waals surface area contributed by atoms with Crippen LogP contribution in [0.3, 0.4) is 0 Å². The molecule has 1 aliphatic heterocycles. The van der Waals surface area contributed by atoms with Gasteiger partial charge < -0.3 is 44.2 Å². The van der Waals surface area contributed by atoms with Gasteiger partial charge in [0.2, 0.25) is 0 Å². The van der Waals surface area contributed by atoms with E-state index in [4.69, 9.17) is 29.0 Å². The van der Waals surface area contributed by atoms with E-state index in [1.807, 2.05) is 0 Å². The maximum atomic E-state index is 12.2. The molecule has 0 bridgehead atoms. The van der Waals surface area contributed by atoms with Gasteiger partial charge >= 0.3 is 21.2 Å². The van der Waals surface area contributed by atoms with Crippen molar-refractivity contribution < 1.29 is 57.6 Å². The van der Waals surface area contributed by atoms with Crippen LogP contribution in [0.1, 0.15) is 26.7 Å². The highest BCUT2D eigenvalue weighted by atomic mass is 31.2. The first-order valence-corrected chi connectivity index (χ1v) is 10.8. The van der Waals surface area contributed by atoms with Gasteiger partial charge in [0, 0.05) is 13.0 Å². The Hall–Kier alpha value is -0.880. The van der Waals surface area contributed by atoms with Crippen molar-refractivity contribution in [2.24, 2.45) is 0 Å². The number of ether oxygens (including phenoxy) is 3. The van der Waals surface area contributed by atoms with Crippen molar-refractivity contribution in [2.45, 2.75) is 49.8 Å². The van der Waals surface area contributed by atoms with Crippen molar-refractivity contribution in [3.05, 3.63) is 0 Å². The Bertz CT molecular complexity index is 645. The average molecular weight is 435 g/mol. The van der Waals surface area contributed by atoms with E-state index < -0.39 is 63.0 Å². The van der Waals surface area contributed by atoms with Gasteiger partial charge in [0.15, 0.2) is 18.0 Å². The second kappa shape index (κ2) is 8.24. The van der Waals surface area contributed by atoms with E-state index in [1.54, 1.807) is 0 Å². The van der Waals surface area contributed by atoms with E-state index >= 15 is 0 Å². The summed E-state index contributed by atoms with van der Waals surface area (Å²) in [7, 11) is -10.0. The van der Waals surface area contributed by atoms with Crippen molar-refractivity contribution in [1.29, 1.82) is 0 Å². The van der Waals surface area contributed by atoms with Crippen LogP contribution in [0.4, 0.5) is 0 Å². The third-order valence-electron chi connectivity index (χ3n) is 3.71. The quantitative estimate of drug-likeness (QED) is 0.147. The van der Waals surface area contributed by atoms with Crippen molar-refractivity contribution in [1.82, 2.24) is 5.32 Å². The summed E-state index contributed by atoms with van der Waals surface area (Å²) in [5, 5.41) is 8.45. The Morgan fingerprint density at radius 2 is 1.59 bits per heavy atom. The molecule has 1 aliphatic rings. The highest BCUT2D eigenvalue weighted by molar-refractivity contribution is 7.72. The molecule has 13 nitrogen and oxygen atoms in total. The third-order valence-corrected chi connectivity index (χ3v) is 7.59. The Balaban J connectivity index is 2.71. The largest absolute Gasteiger partial charge is 0.467 e. The maximum absolute atomic E-state index is 12.2. The van der Waals surface area contributed by atoms with Gasteiger partial charge in [0.25, 0.3) is 11.0 Å². The number of carbonyl (C=O) groups is 2. The molecule has 1 unspecified atom stereocenters. The molecular formula is C12H23NO12P2. The first-order valence-electron chi connectivity index (χ1n) is 7.60. The zero-order valence-corrected chi connectivity index (χ0v) is 16.6. The zero-order chi connectivity index (χ0) is 21.3. The number of hydrogen-bond acceptors (Lipinski definition) is 8. The normalized spacial score (nSPS) is 23.1. The van der Waals surface area contributed by atoms with Crippen molar-refractivity contribution >= 4 is 27.1 Å². The maximum Gasteiger partial charge on any atom is 0.369 e. The Kier molecular flexibility index (Phi) is 7.37. The first kappa shape index (κ1) is 24.2. The Morgan fingerprint density at radius 3 is 2.04 bits per heavy atom. The SMILES string of the molecule is COC(=O)C1OC(C)(C)O[C@@H]1C(=O)NCCCC(O)(P(=O)(O)O)P(=O)(O)O. The monoisotopic (exact) mass is 435 g/mol. The lowest BCUT2D eigenvalue weighted by atomic mass is 10.2. The molecule has 0 aliphatic carbocycles. The van der Waals surface area contributed by atoms with Gasteiger partial charge in [-0.2, -0.15) is 0 Å². The molecule has 0 aromatic carbocycles. The molecule has 0 radical (unpaired) electrons. The molecule has 0 aromatic rings. The van der Waals surface area contributed by atoms with Gasteiger partial charge in [-0.1, -0.05) is 0 Å². The summed E-state index contributed by atoms with van der Waals surface area (Å²) in [5.41, 5.74) is 0. The lowest BCUT2D eigenvalue weighted by Crippen LogP contribution is -2.44. The topological polar surface area (TPSA) is 209 Å². The number of esters is 1. The van der Waals surface area contributed by atoms with E-state index in [0.717, 1.165) is 7.11 Å². The molecule has 6 N–H and O–H groups in total. The van der Waals surface area contributed by atoms with Crippen molar-refractivity contribution in [3.8, 4) is 0 Å². The van der Waals surface area contributed by atoms with E-state index in [9.17, 15) is 23.8 Å². The fraction of sp³-hybridized carbons (Fsp3) is 0.833. The average Bonchev–Trinajstić information content (AvgIpc) is 2.84. The predicted molar refractivity (Wildman–Crippen MR) is 87.1 cm³/mol. The van der Waals surface area contributed by atoms with Crippen molar-refractivity contribution in [2.75, 3.05) is 13.7 Å². The number of aliphatic hydroxyl groups is 1. The van der Waals surface area contributed by atoms with Crippen LogP contribution in [0.25, 0.3) is 0 Å².